The van der Waals surface area contributed by atoms with Crippen LogP contribution in [0.5, 0.6) is 0 Å². The number of hydrogen-bond acceptors (Lipinski definition) is 4. The van der Waals surface area contributed by atoms with Crippen molar-refractivity contribution in [1.29, 1.82) is 0 Å². The Morgan fingerprint density at radius 2 is 2.25 bits per heavy atom. The Morgan fingerprint density at radius 1 is 1.40 bits per heavy atom. The van der Waals surface area contributed by atoms with Gasteiger partial charge >= 0.3 is 5.97 Å². The van der Waals surface area contributed by atoms with E-state index in [1.54, 1.807) is 0 Å². The molecule has 2 heterocycles. The lowest BCUT2D eigenvalue weighted by atomic mass is 10.00. The summed E-state index contributed by atoms with van der Waals surface area (Å²) < 4.78 is 5.74. The molecule has 2 aliphatic rings. The van der Waals surface area contributed by atoms with E-state index >= 15 is 0 Å². The fourth-order valence-electron chi connectivity index (χ4n) is 2.86. The molecule has 1 aromatic heterocycles. The third-order valence-electron chi connectivity index (χ3n) is 4.24. The summed E-state index contributed by atoms with van der Waals surface area (Å²) in [7, 11) is 0. The number of benzene rings is 1. The van der Waals surface area contributed by atoms with Gasteiger partial charge in [0, 0.05) is 18.5 Å². The van der Waals surface area contributed by atoms with E-state index in [9.17, 15) is 4.79 Å². The molecule has 1 aliphatic carbocycles. The Labute approximate surface area is 116 Å². The molecule has 0 radical (unpaired) electrons. The smallest absolute Gasteiger partial charge is 0.307 e. The molecule has 5 heteroatoms. The van der Waals surface area contributed by atoms with Crippen molar-refractivity contribution in [2.24, 2.45) is 5.92 Å². The van der Waals surface area contributed by atoms with Crippen molar-refractivity contribution in [2.75, 3.05) is 6.54 Å². The second-order valence-corrected chi connectivity index (χ2v) is 5.79. The highest BCUT2D eigenvalue weighted by molar-refractivity contribution is 5.74. The van der Waals surface area contributed by atoms with Crippen molar-refractivity contribution in [1.82, 2.24) is 10.3 Å². The lowest BCUT2D eigenvalue weighted by molar-refractivity contribution is -0.141. The van der Waals surface area contributed by atoms with Crippen LogP contribution < -0.4 is 5.32 Å². The van der Waals surface area contributed by atoms with E-state index in [1.807, 2.05) is 18.2 Å². The van der Waals surface area contributed by atoms with Crippen molar-refractivity contribution in [3.63, 3.8) is 0 Å². The molecule has 1 aromatic carbocycles. The summed E-state index contributed by atoms with van der Waals surface area (Å²) in [6.07, 6.45) is 2.97. The molecule has 2 aromatic rings. The van der Waals surface area contributed by atoms with Crippen LogP contribution in [0.4, 0.5) is 0 Å². The van der Waals surface area contributed by atoms with Crippen LogP contribution in [0.15, 0.2) is 22.6 Å². The molecule has 0 spiro atoms. The number of hydrogen-bond donors (Lipinski definition) is 2. The summed E-state index contributed by atoms with van der Waals surface area (Å²) in [5, 5.41) is 12.3. The first-order valence-electron chi connectivity index (χ1n) is 7.07. The zero-order chi connectivity index (χ0) is 13.7. The van der Waals surface area contributed by atoms with Gasteiger partial charge in [-0.3, -0.25) is 4.79 Å². The van der Waals surface area contributed by atoms with Crippen molar-refractivity contribution < 1.29 is 14.3 Å². The van der Waals surface area contributed by atoms with Crippen molar-refractivity contribution in [2.45, 2.75) is 31.2 Å². The molecular weight excluding hydrogens is 256 g/mol. The number of oxazole rings is 1. The molecule has 104 valence electrons. The second kappa shape index (κ2) is 4.31. The number of rotatable bonds is 3. The highest BCUT2D eigenvalue weighted by atomic mass is 16.4. The molecule has 0 bridgehead atoms. The largest absolute Gasteiger partial charge is 0.481 e. The van der Waals surface area contributed by atoms with E-state index in [1.165, 1.54) is 12.8 Å². The number of aromatic nitrogens is 1. The highest BCUT2D eigenvalue weighted by Crippen LogP contribution is 2.41. The molecular formula is C15H16N2O3. The van der Waals surface area contributed by atoms with Crippen LogP contribution >= 0.6 is 0 Å². The van der Waals surface area contributed by atoms with E-state index in [0.717, 1.165) is 22.6 Å². The fraction of sp³-hybridized carbons (Fsp3) is 0.467. The van der Waals surface area contributed by atoms with E-state index in [0.29, 0.717) is 18.9 Å². The number of carboxylic acids is 1. The lowest BCUT2D eigenvalue weighted by Gasteiger charge is -2.09. The first kappa shape index (κ1) is 11.9. The SMILES string of the molecule is O=C(O)C1CNC(c2ccc3oc(C4CC4)nc3c2)C1. The third kappa shape index (κ3) is 1.98. The normalized spacial score (nSPS) is 26.2. The molecule has 1 aliphatic heterocycles. The zero-order valence-electron chi connectivity index (χ0n) is 11.0. The van der Waals surface area contributed by atoms with Gasteiger partial charge in [-0.15, -0.1) is 0 Å². The number of fused-ring (bicyclic) bond motifs is 1. The number of carboxylic acid groups (broad SMARTS) is 1. The number of nitrogens with one attached hydrogen (secondary N) is 1. The molecule has 2 unspecified atom stereocenters. The summed E-state index contributed by atoms with van der Waals surface area (Å²) in [5.74, 6) is 0.334. The van der Waals surface area contributed by atoms with Gasteiger partial charge in [0.2, 0.25) is 0 Å². The van der Waals surface area contributed by atoms with Gasteiger partial charge in [-0.2, -0.15) is 0 Å². The van der Waals surface area contributed by atoms with Crippen molar-refractivity contribution in [3.05, 3.63) is 29.7 Å². The quantitative estimate of drug-likeness (QED) is 0.897. The molecule has 1 saturated heterocycles. The highest BCUT2D eigenvalue weighted by Gasteiger charge is 2.31. The lowest BCUT2D eigenvalue weighted by Crippen LogP contribution is -2.17. The minimum absolute atomic E-state index is 0.0987. The van der Waals surface area contributed by atoms with Crippen molar-refractivity contribution >= 4 is 17.1 Å². The Morgan fingerprint density at radius 3 is 2.95 bits per heavy atom. The summed E-state index contributed by atoms with van der Waals surface area (Å²) in [6.45, 7) is 0.532. The summed E-state index contributed by atoms with van der Waals surface area (Å²) >= 11 is 0. The maximum absolute atomic E-state index is 11.0. The maximum Gasteiger partial charge on any atom is 0.307 e. The zero-order valence-corrected chi connectivity index (χ0v) is 11.0. The van der Waals surface area contributed by atoms with Gasteiger partial charge < -0.3 is 14.8 Å². The van der Waals surface area contributed by atoms with Gasteiger partial charge in [0.15, 0.2) is 11.5 Å². The van der Waals surface area contributed by atoms with Gasteiger partial charge in [0.25, 0.3) is 0 Å². The van der Waals surface area contributed by atoms with Gasteiger partial charge in [-0.05, 0) is 37.0 Å². The molecule has 5 nitrogen and oxygen atoms in total. The van der Waals surface area contributed by atoms with Crippen LogP contribution in [-0.2, 0) is 4.79 Å². The summed E-state index contributed by atoms with van der Waals surface area (Å²) in [4.78, 5) is 15.6. The summed E-state index contributed by atoms with van der Waals surface area (Å²) in [5.41, 5.74) is 2.80. The van der Waals surface area contributed by atoms with Crippen LogP contribution in [0.2, 0.25) is 0 Å². The average molecular weight is 272 g/mol. The Bertz CT molecular complexity index is 675. The van der Waals surface area contributed by atoms with E-state index < -0.39 is 5.97 Å². The van der Waals surface area contributed by atoms with E-state index in [2.05, 4.69) is 10.3 Å². The summed E-state index contributed by atoms with van der Waals surface area (Å²) in [6, 6.07) is 6.07. The Balaban J connectivity index is 1.62. The average Bonchev–Trinajstić information content (AvgIpc) is 3.02. The monoisotopic (exact) mass is 272 g/mol. The van der Waals surface area contributed by atoms with Crippen LogP contribution in [-0.4, -0.2) is 22.6 Å². The minimum Gasteiger partial charge on any atom is -0.481 e. The molecule has 20 heavy (non-hydrogen) atoms. The first-order chi connectivity index (χ1) is 9.70. The van der Waals surface area contributed by atoms with E-state index in [-0.39, 0.29) is 12.0 Å². The predicted molar refractivity (Wildman–Crippen MR) is 72.5 cm³/mol. The Kier molecular flexibility index (Phi) is 2.57. The number of aliphatic carboxylic acids is 1. The standard InChI is InChI=1S/C15H16N2O3/c18-15(19)10-6-11(16-7-10)9-3-4-13-12(5-9)17-14(20-13)8-1-2-8/h3-5,8,10-11,16H,1-2,6-7H2,(H,18,19). The minimum atomic E-state index is -0.724. The number of nitrogens with zero attached hydrogens (tertiary/aromatic N) is 1. The molecule has 1 saturated carbocycles. The third-order valence-corrected chi connectivity index (χ3v) is 4.24. The molecule has 2 atom stereocenters. The van der Waals surface area contributed by atoms with Crippen LogP contribution in [0, 0.1) is 5.92 Å². The molecule has 4 rings (SSSR count). The molecule has 2 N–H and O–H groups in total. The van der Waals surface area contributed by atoms with E-state index in [4.69, 9.17) is 9.52 Å². The topological polar surface area (TPSA) is 75.4 Å². The second-order valence-electron chi connectivity index (χ2n) is 5.79. The predicted octanol–water partition coefficient (Wildman–Crippen LogP) is 2.44. The molecule has 0 amide bonds. The van der Waals surface area contributed by atoms with Crippen LogP contribution in [0.1, 0.15) is 42.7 Å². The maximum atomic E-state index is 11.0. The van der Waals surface area contributed by atoms with Gasteiger partial charge in [0.05, 0.1) is 5.92 Å². The van der Waals surface area contributed by atoms with Gasteiger partial charge in [0.1, 0.15) is 5.52 Å². The Hall–Kier alpha value is -1.88. The number of carbonyl (C=O) groups is 1. The van der Waals surface area contributed by atoms with Crippen molar-refractivity contribution in [3.8, 4) is 0 Å². The van der Waals surface area contributed by atoms with Gasteiger partial charge in [-0.25, -0.2) is 4.98 Å². The fourth-order valence-corrected chi connectivity index (χ4v) is 2.86. The first-order valence-corrected chi connectivity index (χ1v) is 7.07. The van der Waals surface area contributed by atoms with Crippen LogP contribution in [0.25, 0.3) is 11.1 Å². The van der Waals surface area contributed by atoms with Crippen LogP contribution in [0.3, 0.4) is 0 Å². The molecule has 2 fully saturated rings. The van der Waals surface area contributed by atoms with Gasteiger partial charge in [-0.1, -0.05) is 6.07 Å².